The zero-order valence-corrected chi connectivity index (χ0v) is 18.2. The number of hydrogen-bond donors (Lipinski definition) is 1. The highest BCUT2D eigenvalue weighted by atomic mass is 32.2. The molecular weight excluding hydrogens is 380 g/mol. The Morgan fingerprint density at radius 3 is 2.90 bits per heavy atom. The van der Waals surface area contributed by atoms with Crippen LogP contribution in [-0.4, -0.2) is 28.0 Å². The van der Waals surface area contributed by atoms with Gasteiger partial charge in [0.05, 0.1) is 5.36 Å². The first kappa shape index (κ1) is 20.2. The van der Waals surface area contributed by atoms with E-state index in [1.807, 2.05) is 29.3 Å². The van der Waals surface area contributed by atoms with Gasteiger partial charge in [0.2, 0.25) is 0 Å². The third-order valence-corrected chi connectivity index (χ3v) is 6.83. The number of para-hydroxylation sites is 1. The van der Waals surface area contributed by atoms with Gasteiger partial charge in [-0.1, -0.05) is 67.8 Å². The Hall–Kier alpha value is -2.08. The Morgan fingerprint density at radius 1 is 1.24 bits per heavy atom. The van der Waals surface area contributed by atoms with Crippen LogP contribution >= 0.6 is 11.8 Å². The maximum absolute atomic E-state index is 13.1. The fourth-order valence-corrected chi connectivity index (χ4v) is 5.03. The zero-order chi connectivity index (χ0) is 20.2. The molecule has 1 aliphatic carbocycles. The molecular formula is C23H30N4OS. The van der Waals surface area contributed by atoms with Crippen molar-refractivity contribution in [1.82, 2.24) is 10.3 Å². The monoisotopic (exact) mass is 410 g/mol. The van der Waals surface area contributed by atoms with E-state index in [9.17, 15) is 4.79 Å². The van der Waals surface area contributed by atoms with Gasteiger partial charge in [-0.3, -0.25) is 15.1 Å². The summed E-state index contributed by atoms with van der Waals surface area (Å²) in [5, 5.41) is 12.3. The van der Waals surface area contributed by atoms with Crippen molar-refractivity contribution < 1.29 is 4.79 Å². The third kappa shape index (κ3) is 4.42. The molecule has 2 unspecified atom stereocenters. The number of benzene rings is 1. The number of nitrogens with one attached hydrogen (secondary N) is 1. The number of amidine groups is 1. The number of amides is 1. The topological polar surface area (TPSA) is 57.1 Å². The summed E-state index contributed by atoms with van der Waals surface area (Å²) in [4.78, 5) is 18.1. The molecule has 0 aromatic heterocycles. The highest BCUT2D eigenvalue weighted by Gasteiger charge is 2.37. The van der Waals surface area contributed by atoms with E-state index in [0.717, 1.165) is 42.0 Å². The van der Waals surface area contributed by atoms with Gasteiger partial charge in [0, 0.05) is 16.9 Å². The molecule has 4 rings (SSSR count). The molecule has 2 heterocycles. The molecule has 0 fully saturated rings. The normalized spacial score (nSPS) is 23.4. The van der Waals surface area contributed by atoms with Crippen molar-refractivity contribution in [3.63, 3.8) is 0 Å². The number of fused-ring (bicyclic) bond motifs is 2. The summed E-state index contributed by atoms with van der Waals surface area (Å²) in [7, 11) is 0. The molecule has 154 valence electrons. The van der Waals surface area contributed by atoms with Crippen molar-refractivity contribution >= 4 is 28.5 Å². The van der Waals surface area contributed by atoms with Gasteiger partial charge in [-0.15, -0.1) is 5.10 Å². The van der Waals surface area contributed by atoms with Crippen molar-refractivity contribution in [2.75, 3.05) is 5.75 Å². The maximum Gasteiger partial charge on any atom is 0.276 e. The second kappa shape index (κ2) is 9.16. The first-order valence-corrected chi connectivity index (χ1v) is 11.8. The zero-order valence-electron chi connectivity index (χ0n) is 17.4. The van der Waals surface area contributed by atoms with Gasteiger partial charge < -0.3 is 0 Å². The van der Waals surface area contributed by atoms with Crippen molar-refractivity contribution in [3.8, 4) is 0 Å². The lowest BCUT2D eigenvalue weighted by Crippen LogP contribution is -2.54. The third-order valence-electron chi connectivity index (χ3n) is 5.88. The predicted octanol–water partition coefficient (Wildman–Crippen LogP) is 3.52. The molecule has 6 heteroatoms. The lowest BCUT2D eigenvalue weighted by atomic mass is 9.87. The molecule has 0 bridgehead atoms. The summed E-state index contributed by atoms with van der Waals surface area (Å²) < 4.78 is 0. The molecule has 5 nitrogen and oxygen atoms in total. The number of carbonyl (C=O) groups is 1. The molecule has 1 aromatic carbocycles. The molecule has 1 N–H and O–H groups in total. The van der Waals surface area contributed by atoms with E-state index in [1.165, 1.54) is 24.8 Å². The molecule has 0 saturated carbocycles. The van der Waals surface area contributed by atoms with Crippen molar-refractivity contribution in [3.05, 3.63) is 46.5 Å². The van der Waals surface area contributed by atoms with Gasteiger partial charge in [-0.05, 0) is 38.7 Å². The van der Waals surface area contributed by atoms with Crippen LogP contribution in [0.3, 0.4) is 0 Å². The van der Waals surface area contributed by atoms with Crippen LogP contribution < -0.4 is 15.9 Å². The fourth-order valence-electron chi connectivity index (χ4n) is 4.18. The summed E-state index contributed by atoms with van der Waals surface area (Å²) in [6.45, 7) is 4.41. The molecule has 1 aromatic rings. The molecule has 0 spiro atoms. The smallest absolute Gasteiger partial charge is 0.276 e. The Labute approximate surface area is 177 Å². The Kier molecular flexibility index (Phi) is 6.38. The van der Waals surface area contributed by atoms with Crippen molar-refractivity contribution in [1.29, 1.82) is 0 Å². The van der Waals surface area contributed by atoms with Crippen molar-refractivity contribution in [2.45, 2.75) is 65.0 Å². The SMILES string of the molecule is CCCCCCSC1=NN2C(=c3ccccc3=NC2C2CC=C(C)CC2)C(=O)N1. The molecule has 1 amide bonds. The van der Waals surface area contributed by atoms with Crippen LogP contribution in [0.5, 0.6) is 0 Å². The van der Waals surface area contributed by atoms with Gasteiger partial charge in [-0.2, -0.15) is 0 Å². The maximum atomic E-state index is 13.1. The van der Waals surface area contributed by atoms with Gasteiger partial charge in [0.1, 0.15) is 11.9 Å². The molecule has 2 aliphatic heterocycles. The molecule has 0 saturated heterocycles. The van der Waals surface area contributed by atoms with E-state index in [0.29, 0.717) is 16.8 Å². The molecule has 29 heavy (non-hydrogen) atoms. The predicted molar refractivity (Wildman–Crippen MR) is 120 cm³/mol. The first-order chi connectivity index (χ1) is 14.2. The highest BCUT2D eigenvalue weighted by Crippen LogP contribution is 2.33. The van der Waals surface area contributed by atoms with Crippen LogP contribution in [0.2, 0.25) is 0 Å². The number of allylic oxidation sites excluding steroid dienone is 2. The quantitative estimate of drug-likeness (QED) is 0.577. The lowest BCUT2D eigenvalue weighted by Gasteiger charge is -2.38. The summed E-state index contributed by atoms with van der Waals surface area (Å²) >= 11 is 1.65. The number of hydrogen-bond acceptors (Lipinski definition) is 5. The number of thioether (sulfide) groups is 1. The molecule has 3 aliphatic rings. The fraction of sp³-hybridized carbons (Fsp3) is 0.522. The van der Waals surface area contributed by atoms with Gasteiger partial charge in [-0.25, -0.2) is 5.01 Å². The Balaban J connectivity index is 1.64. The summed E-state index contributed by atoms with van der Waals surface area (Å²) in [5.41, 5.74) is 2.09. The minimum atomic E-state index is -0.119. The summed E-state index contributed by atoms with van der Waals surface area (Å²) in [6, 6.07) is 7.93. The second-order valence-corrected chi connectivity index (χ2v) is 9.19. The van der Waals surface area contributed by atoms with Gasteiger partial charge in [0.25, 0.3) is 5.91 Å². The number of rotatable bonds is 6. The van der Waals surface area contributed by atoms with Gasteiger partial charge in [0.15, 0.2) is 5.17 Å². The van der Waals surface area contributed by atoms with E-state index >= 15 is 0 Å². The number of carbonyl (C=O) groups excluding carboxylic acids is 1. The minimum absolute atomic E-state index is 0.0639. The van der Waals surface area contributed by atoms with Crippen molar-refractivity contribution in [2.24, 2.45) is 16.0 Å². The van der Waals surface area contributed by atoms with Crippen LogP contribution in [0.15, 0.2) is 46.0 Å². The van der Waals surface area contributed by atoms with Crippen LogP contribution in [-0.2, 0) is 4.79 Å². The number of nitrogens with zero attached hydrogens (tertiary/aromatic N) is 3. The van der Waals surface area contributed by atoms with E-state index in [4.69, 9.17) is 10.1 Å². The standard InChI is InChI=1S/C23H30N4OS/c1-3-4-5-8-15-29-23-25-22(28)20-18-9-6-7-10-19(18)24-21(27(20)26-23)17-13-11-16(2)12-14-17/h6-7,9-11,17,21H,3-5,8,12-15H2,1-2H3,(H,25,26,28). The average molecular weight is 411 g/mol. The van der Waals surface area contributed by atoms with Crippen LogP contribution in [0.1, 0.15) is 58.8 Å². The average Bonchev–Trinajstić information content (AvgIpc) is 2.73. The molecule has 0 radical (unpaired) electrons. The van der Waals surface area contributed by atoms with Crippen LogP contribution in [0.25, 0.3) is 5.70 Å². The van der Waals surface area contributed by atoms with Gasteiger partial charge >= 0.3 is 0 Å². The van der Waals surface area contributed by atoms with Crippen LogP contribution in [0, 0.1) is 5.92 Å². The summed E-state index contributed by atoms with van der Waals surface area (Å²) in [6.07, 6.45) is 10.2. The Morgan fingerprint density at radius 2 is 2.10 bits per heavy atom. The number of hydrazone groups is 1. The largest absolute Gasteiger partial charge is 0.298 e. The lowest BCUT2D eigenvalue weighted by molar-refractivity contribution is -0.116. The van der Waals surface area contributed by atoms with E-state index in [-0.39, 0.29) is 12.1 Å². The Bertz CT molecular complexity index is 952. The molecule has 2 atom stereocenters. The summed E-state index contributed by atoms with van der Waals surface area (Å²) in [5.74, 6) is 1.28. The minimum Gasteiger partial charge on any atom is -0.298 e. The van der Waals surface area contributed by atoms with E-state index < -0.39 is 0 Å². The number of unbranched alkanes of at least 4 members (excludes halogenated alkanes) is 3. The second-order valence-electron chi connectivity index (χ2n) is 8.11. The highest BCUT2D eigenvalue weighted by molar-refractivity contribution is 8.13. The van der Waals surface area contributed by atoms with Crippen LogP contribution in [0.4, 0.5) is 0 Å². The van der Waals surface area contributed by atoms with E-state index in [1.54, 1.807) is 11.8 Å². The first-order valence-electron chi connectivity index (χ1n) is 10.8. The van der Waals surface area contributed by atoms with E-state index in [2.05, 4.69) is 25.2 Å².